The second-order valence-corrected chi connectivity index (χ2v) is 9.53. The summed E-state index contributed by atoms with van der Waals surface area (Å²) in [5, 5.41) is 3.08. The molecule has 1 amide bonds. The predicted molar refractivity (Wildman–Crippen MR) is 149 cm³/mol. The molecule has 1 aliphatic heterocycles. The van der Waals surface area contributed by atoms with E-state index in [1.165, 1.54) is 11.3 Å². The minimum absolute atomic E-state index is 0.0931. The summed E-state index contributed by atoms with van der Waals surface area (Å²) in [7, 11) is 2.24. The summed E-state index contributed by atoms with van der Waals surface area (Å²) < 4.78 is 0. The van der Waals surface area contributed by atoms with E-state index in [4.69, 9.17) is 0 Å². The van der Waals surface area contributed by atoms with Crippen LogP contribution >= 0.6 is 0 Å². The molecule has 1 aliphatic rings. The number of rotatable bonds is 7. The van der Waals surface area contributed by atoms with E-state index >= 15 is 0 Å². The maximum absolute atomic E-state index is 13.1. The van der Waals surface area contributed by atoms with Crippen molar-refractivity contribution >= 4 is 17.3 Å². The van der Waals surface area contributed by atoms with E-state index in [1.54, 1.807) is 0 Å². The van der Waals surface area contributed by atoms with Crippen LogP contribution in [0.15, 0.2) is 109 Å². The van der Waals surface area contributed by atoms with Crippen LogP contribution in [-0.4, -0.2) is 37.0 Å². The van der Waals surface area contributed by atoms with E-state index in [0.29, 0.717) is 11.6 Å². The summed E-state index contributed by atoms with van der Waals surface area (Å²) in [5.74, 6) is -0.0931. The van der Waals surface area contributed by atoms with E-state index in [9.17, 15) is 4.79 Å². The van der Waals surface area contributed by atoms with Crippen LogP contribution in [-0.2, 0) is 6.54 Å². The highest BCUT2D eigenvalue weighted by Crippen LogP contribution is 2.27. The number of nitrogens with one attached hydrogen (secondary N) is 1. The van der Waals surface area contributed by atoms with Gasteiger partial charge in [-0.2, -0.15) is 0 Å². The van der Waals surface area contributed by atoms with E-state index < -0.39 is 0 Å². The molecular weight excluding hydrogens is 442 g/mol. The highest BCUT2D eigenvalue weighted by atomic mass is 16.1. The van der Waals surface area contributed by atoms with Crippen LogP contribution in [0.5, 0.6) is 0 Å². The van der Waals surface area contributed by atoms with Crippen molar-refractivity contribution in [3.8, 4) is 11.1 Å². The van der Waals surface area contributed by atoms with Gasteiger partial charge in [0.25, 0.3) is 5.91 Å². The van der Waals surface area contributed by atoms with Gasteiger partial charge in [0.15, 0.2) is 0 Å². The zero-order valence-electron chi connectivity index (χ0n) is 20.8. The number of carbonyl (C=O) groups is 1. The van der Waals surface area contributed by atoms with Crippen molar-refractivity contribution in [1.82, 2.24) is 4.90 Å². The normalized spacial score (nSPS) is 14.1. The molecule has 36 heavy (non-hydrogen) atoms. The molecule has 1 N–H and O–H groups in total. The minimum atomic E-state index is -0.0931. The average Bonchev–Trinajstić information content (AvgIpc) is 2.94. The Kier molecular flexibility index (Phi) is 7.44. The molecule has 0 aromatic heterocycles. The number of anilines is 2. The lowest BCUT2D eigenvalue weighted by atomic mass is 9.99. The molecule has 0 spiro atoms. The van der Waals surface area contributed by atoms with Gasteiger partial charge < -0.3 is 10.2 Å². The summed E-state index contributed by atoms with van der Waals surface area (Å²) in [6.07, 6.45) is 2.30. The summed E-state index contributed by atoms with van der Waals surface area (Å²) in [4.78, 5) is 18.0. The van der Waals surface area contributed by atoms with Gasteiger partial charge in [-0.05, 0) is 66.9 Å². The zero-order chi connectivity index (χ0) is 24.7. The van der Waals surface area contributed by atoms with Gasteiger partial charge in [0.1, 0.15) is 0 Å². The van der Waals surface area contributed by atoms with Crippen LogP contribution < -0.4 is 10.2 Å². The molecule has 4 aromatic rings. The third kappa shape index (κ3) is 5.67. The fourth-order valence-electron chi connectivity index (χ4n) is 5.07. The third-order valence-corrected chi connectivity index (χ3v) is 7.11. The van der Waals surface area contributed by atoms with Gasteiger partial charge in [-0.1, -0.05) is 78.9 Å². The molecule has 0 atom stereocenters. The SMILES string of the molecule is CN(Cc1ccccc1)C1CCN(c2ccc(NC(=O)c3ccccc3-c3ccccc3)cc2)CC1. The molecule has 0 radical (unpaired) electrons. The number of carbonyl (C=O) groups excluding carboxylic acids is 1. The molecule has 1 heterocycles. The van der Waals surface area contributed by atoms with Crippen molar-refractivity contribution in [2.24, 2.45) is 0 Å². The Morgan fingerprint density at radius 1 is 0.806 bits per heavy atom. The van der Waals surface area contributed by atoms with Crippen LogP contribution in [0, 0.1) is 0 Å². The van der Waals surface area contributed by atoms with Crippen LogP contribution in [0.25, 0.3) is 11.1 Å². The first-order valence-electron chi connectivity index (χ1n) is 12.7. The summed E-state index contributed by atoms with van der Waals surface area (Å²) >= 11 is 0. The van der Waals surface area contributed by atoms with E-state index in [1.807, 2.05) is 66.7 Å². The standard InChI is InChI=1S/C32H33N3O/c1-34(24-25-10-4-2-5-11-25)28-20-22-35(23-21-28)29-18-16-27(17-19-29)33-32(36)31-15-9-8-14-30(31)26-12-6-3-7-13-26/h2-19,28H,20-24H2,1H3,(H,33,36). The Morgan fingerprint density at radius 2 is 1.42 bits per heavy atom. The molecule has 0 saturated carbocycles. The van der Waals surface area contributed by atoms with Crippen LogP contribution in [0.2, 0.25) is 0 Å². The highest BCUT2D eigenvalue weighted by Gasteiger charge is 2.23. The molecule has 1 saturated heterocycles. The number of hydrogen-bond acceptors (Lipinski definition) is 3. The quantitative estimate of drug-likeness (QED) is 0.323. The summed E-state index contributed by atoms with van der Waals surface area (Å²) in [6, 6.07) is 37.3. The second-order valence-electron chi connectivity index (χ2n) is 9.53. The number of piperidine rings is 1. The van der Waals surface area contributed by atoms with Crippen LogP contribution in [0.4, 0.5) is 11.4 Å². The number of nitrogens with zero attached hydrogens (tertiary/aromatic N) is 2. The van der Waals surface area contributed by atoms with Gasteiger partial charge in [-0.15, -0.1) is 0 Å². The number of benzene rings is 4. The molecule has 4 nitrogen and oxygen atoms in total. The fraction of sp³-hybridized carbons (Fsp3) is 0.219. The van der Waals surface area contributed by atoms with E-state index in [-0.39, 0.29) is 5.91 Å². The van der Waals surface area contributed by atoms with Crippen molar-refractivity contribution in [3.63, 3.8) is 0 Å². The first-order valence-corrected chi connectivity index (χ1v) is 12.7. The molecule has 0 aliphatic carbocycles. The van der Waals surface area contributed by atoms with E-state index in [0.717, 1.165) is 49.3 Å². The molecule has 4 aromatic carbocycles. The molecule has 0 unspecified atom stereocenters. The maximum atomic E-state index is 13.1. The highest BCUT2D eigenvalue weighted by molar-refractivity contribution is 6.08. The average molecular weight is 476 g/mol. The molecular formula is C32H33N3O. The predicted octanol–water partition coefficient (Wildman–Crippen LogP) is 6.71. The number of amides is 1. The van der Waals surface area contributed by atoms with Gasteiger partial charge in [0.2, 0.25) is 0 Å². The van der Waals surface area contributed by atoms with E-state index in [2.05, 4.69) is 64.6 Å². The molecule has 182 valence electrons. The fourth-order valence-corrected chi connectivity index (χ4v) is 5.07. The molecule has 4 heteroatoms. The van der Waals surface area contributed by atoms with Crippen molar-refractivity contribution in [2.75, 3.05) is 30.4 Å². The third-order valence-electron chi connectivity index (χ3n) is 7.11. The van der Waals surface area contributed by atoms with Gasteiger partial charge in [0.05, 0.1) is 0 Å². The lowest BCUT2D eigenvalue weighted by molar-refractivity contribution is 0.102. The Labute approximate surface area is 214 Å². The van der Waals surface area contributed by atoms with Crippen molar-refractivity contribution in [1.29, 1.82) is 0 Å². The molecule has 1 fully saturated rings. The first-order chi connectivity index (χ1) is 17.7. The first kappa shape index (κ1) is 23.8. The van der Waals surface area contributed by atoms with Gasteiger partial charge in [-0.25, -0.2) is 0 Å². The largest absolute Gasteiger partial charge is 0.371 e. The lowest BCUT2D eigenvalue weighted by Gasteiger charge is -2.38. The summed E-state index contributed by atoms with van der Waals surface area (Å²) in [5.41, 5.74) is 6.04. The lowest BCUT2D eigenvalue weighted by Crippen LogP contribution is -2.43. The smallest absolute Gasteiger partial charge is 0.256 e. The minimum Gasteiger partial charge on any atom is -0.371 e. The van der Waals surface area contributed by atoms with Crippen LogP contribution in [0.1, 0.15) is 28.8 Å². The number of hydrogen-bond donors (Lipinski definition) is 1. The van der Waals surface area contributed by atoms with Crippen molar-refractivity contribution in [3.05, 3.63) is 120 Å². The Morgan fingerprint density at radius 3 is 2.11 bits per heavy atom. The Bertz CT molecular complexity index is 1260. The summed E-state index contributed by atoms with van der Waals surface area (Å²) in [6.45, 7) is 3.08. The molecule has 5 rings (SSSR count). The van der Waals surface area contributed by atoms with Gasteiger partial charge in [0, 0.05) is 42.6 Å². The van der Waals surface area contributed by atoms with Crippen LogP contribution in [0.3, 0.4) is 0 Å². The second kappa shape index (κ2) is 11.2. The van der Waals surface area contributed by atoms with Gasteiger partial charge >= 0.3 is 0 Å². The topological polar surface area (TPSA) is 35.6 Å². The Balaban J connectivity index is 1.18. The molecule has 0 bridgehead atoms. The Hall–Kier alpha value is -3.89. The van der Waals surface area contributed by atoms with Gasteiger partial charge in [-0.3, -0.25) is 9.69 Å². The van der Waals surface area contributed by atoms with Crippen molar-refractivity contribution < 1.29 is 4.79 Å². The monoisotopic (exact) mass is 475 g/mol. The van der Waals surface area contributed by atoms with Crippen molar-refractivity contribution in [2.45, 2.75) is 25.4 Å². The maximum Gasteiger partial charge on any atom is 0.256 e. The zero-order valence-corrected chi connectivity index (χ0v) is 20.8.